The lowest BCUT2D eigenvalue weighted by molar-refractivity contribution is -0.190. The lowest BCUT2D eigenvalue weighted by Crippen LogP contribution is -2.51. The Morgan fingerprint density at radius 2 is 1.33 bits per heavy atom. The molecule has 0 fully saturated rings. The van der Waals surface area contributed by atoms with Crippen LogP contribution in [-0.4, -0.2) is 76.0 Å². The fourth-order valence-corrected chi connectivity index (χ4v) is 8.63. The number of benzene rings is 4. The monoisotopic (exact) mass is 1030 g/mol. The first kappa shape index (κ1) is 57.2. The molecule has 2 heterocycles. The van der Waals surface area contributed by atoms with E-state index in [9.17, 15) is 24.0 Å². The van der Waals surface area contributed by atoms with Gasteiger partial charge in [0.15, 0.2) is 5.69 Å². The van der Waals surface area contributed by atoms with Gasteiger partial charge in [0.2, 0.25) is 17.7 Å². The first-order chi connectivity index (χ1) is 36.6. The Morgan fingerprint density at radius 1 is 0.733 bits per heavy atom. The zero-order valence-corrected chi connectivity index (χ0v) is 43.9. The molecular weight excluding hydrogens is 951 g/mol. The summed E-state index contributed by atoms with van der Waals surface area (Å²) in [5.41, 5.74) is 3.24. The van der Waals surface area contributed by atoms with Crippen molar-refractivity contribution in [3.63, 3.8) is 0 Å². The number of oxazole rings is 1. The van der Waals surface area contributed by atoms with Gasteiger partial charge in [0.05, 0.1) is 18.0 Å². The van der Waals surface area contributed by atoms with Crippen LogP contribution in [0.1, 0.15) is 138 Å². The van der Waals surface area contributed by atoms with E-state index in [1.807, 2.05) is 115 Å². The number of carbonyl (C=O) groups is 5. The minimum atomic E-state index is -1.18. The number of hydroxylamine groups is 4. The number of unbranched alkanes of at least 4 members (excludes halogenated alkanes) is 9. The van der Waals surface area contributed by atoms with E-state index < -0.39 is 41.9 Å². The lowest BCUT2D eigenvalue weighted by atomic mass is 9.96. The standard InChI is InChI=1S/C60H75N5O10/c1-4-5-6-7-8-9-10-11-21-37-54(45(2)56(67)61-51-35-24-27-40-65(59(51)69)74-43-49-32-19-14-20-33-49)75-60(70)52(36-25-26-39-64(46(3)66)73-42-48-30-17-13-18-31-48)62-57(68)53-44-72-58(63-53)50-34-22-23-38-55(50)71-41-47-28-15-12-16-29-47/h12-20,22-24,27-34,38,44-45,51-52,54H,4-11,21,25-26,35-37,39-43H2,1-3H3,(H,61,67)(H,62,68)/t45-,51+,52-,54-/m0/s1. The number of nitrogens with one attached hydrogen (secondary N) is 2. The molecule has 6 rings (SSSR count). The molecule has 0 aliphatic carbocycles. The van der Waals surface area contributed by atoms with Crippen LogP contribution in [0.25, 0.3) is 11.5 Å². The summed E-state index contributed by atoms with van der Waals surface area (Å²) < 4.78 is 18.3. The van der Waals surface area contributed by atoms with E-state index in [1.165, 1.54) is 49.0 Å². The largest absolute Gasteiger partial charge is 0.488 e. The fourth-order valence-electron chi connectivity index (χ4n) is 8.63. The Bertz CT molecular complexity index is 2540. The molecule has 2 N–H and O–H groups in total. The highest BCUT2D eigenvalue weighted by Crippen LogP contribution is 2.30. The van der Waals surface area contributed by atoms with Crippen molar-refractivity contribution < 1.29 is 47.5 Å². The van der Waals surface area contributed by atoms with Crippen LogP contribution in [0.2, 0.25) is 0 Å². The summed E-state index contributed by atoms with van der Waals surface area (Å²) in [6.45, 7) is 6.46. The average molecular weight is 1030 g/mol. The van der Waals surface area contributed by atoms with Gasteiger partial charge in [-0.2, -0.15) is 0 Å². The summed E-state index contributed by atoms with van der Waals surface area (Å²) in [6, 6.07) is 33.9. The Labute approximate surface area is 442 Å². The second-order valence-electron chi connectivity index (χ2n) is 19.0. The van der Waals surface area contributed by atoms with Crippen molar-refractivity contribution >= 4 is 29.6 Å². The molecule has 4 atom stereocenters. The molecular formula is C60H75N5O10. The van der Waals surface area contributed by atoms with Crippen molar-refractivity contribution in [2.45, 2.75) is 149 Å². The lowest BCUT2D eigenvalue weighted by Gasteiger charge is -2.29. The van der Waals surface area contributed by atoms with E-state index >= 15 is 0 Å². The highest BCUT2D eigenvalue weighted by Gasteiger charge is 2.35. The molecule has 4 amide bonds. The van der Waals surface area contributed by atoms with E-state index in [0.29, 0.717) is 43.6 Å². The summed E-state index contributed by atoms with van der Waals surface area (Å²) in [5.74, 6) is -2.73. The normalized spacial score (nSPS) is 14.6. The van der Waals surface area contributed by atoms with Crippen LogP contribution in [0, 0.1) is 5.92 Å². The van der Waals surface area contributed by atoms with E-state index in [-0.39, 0.29) is 62.5 Å². The van der Waals surface area contributed by atoms with Crippen molar-refractivity contribution in [1.82, 2.24) is 25.7 Å². The molecule has 4 aromatic carbocycles. The van der Waals surface area contributed by atoms with Crippen LogP contribution >= 0.6 is 0 Å². The highest BCUT2D eigenvalue weighted by atomic mass is 16.7. The van der Waals surface area contributed by atoms with E-state index in [1.54, 1.807) is 19.1 Å². The number of ether oxygens (including phenoxy) is 2. The molecule has 0 radical (unpaired) electrons. The van der Waals surface area contributed by atoms with Gasteiger partial charge in [-0.25, -0.2) is 19.9 Å². The van der Waals surface area contributed by atoms with Gasteiger partial charge in [-0.3, -0.25) is 28.9 Å². The number of hydrogen-bond donors (Lipinski definition) is 2. The second kappa shape index (κ2) is 31.6. The van der Waals surface area contributed by atoms with Crippen LogP contribution in [0.15, 0.2) is 138 Å². The summed E-state index contributed by atoms with van der Waals surface area (Å²) in [7, 11) is 0. The van der Waals surface area contributed by atoms with Gasteiger partial charge in [0.25, 0.3) is 11.8 Å². The van der Waals surface area contributed by atoms with Crippen molar-refractivity contribution in [3.05, 3.63) is 156 Å². The average Bonchev–Trinajstić information content (AvgIpc) is 3.87. The van der Waals surface area contributed by atoms with Gasteiger partial charge in [-0.15, -0.1) is 0 Å². The van der Waals surface area contributed by atoms with E-state index in [0.717, 1.165) is 42.4 Å². The van der Waals surface area contributed by atoms with Crippen molar-refractivity contribution in [3.8, 4) is 17.2 Å². The fraction of sp³-hybridized carbons (Fsp3) is 0.433. The van der Waals surface area contributed by atoms with Gasteiger partial charge in [-0.05, 0) is 67.3 Å². The Morgan fingerprint density at radius 3 is 2.00 bits per heavy atom. The number of nitrogens with zero attached hydrogens (tertiary/aromatic N) is 3. The van der Waals surface area contributed by atoms with Crippen molar-refractivity contribution in [2.24, 2.45) is 5.92 Å². The van der Waals surface area contributed by atoms with Crippen LogP contribution in [-0.2, 0) is 53.4 Å². The summed E-state index contributed by atoms with van der Waals surface area (Å²) in [5, 5.41) is 8.34. The van der Waals surface area contributed by atoms with Gasteiger partial charge < -0.3 is 24.5 Å². The predicted molar refractivity (Wildman–Crippen MR) is 286 cm³/mol. The molecule has 0 saturated heterocycles. The first-order valence-electron chi connectivity index (χ1n) is 26.7. The molecule has 75 heavy (non-hydrogen) atoms. The zero-order valence-electron chi connectivity index (χ0n) is 43.9. The molecule has 400 valence electrons. The number of para-hydroxylation sites is 1. The van der Waals surface area contributed by atoms with Gasteiger partial charge in [0, 0.05) is 13.5 Å². The Kier molecular flexibility index (Phi) is 24.1. The minimum Gasteiger partial charge on any atom is -0.488 e. The number of rotatable bonds is 32. The summed E-state index contributed by atoms with van der Waals surface area (Å²) in [6.07, 6.45) is 15.2. The van der Waals surface area contributed by atoms with Crippen LogP contribution < -0.4 is 15.4 Å². The predicted octanol–water partition coefficient (Wildman–Crippen LogP) is 11.0. The Balaban J connectivity index is 1.16. The maximum atomic E-state index is 14.6. The third kappa shape index (κ3) is 19.3. The molecule has 5 aromatic rings. The smallest absolute Gasteiger partial charge is 0.328 e. The van der Waals surface area contributed by atoms with Gasteiger partial charge >= 0.3 is 5.97 Å². The Hall–Kier alpha value is -7.10. The van der Waals surface area contributed by atoms with E-state index in [4.69, 9.17) is 23.6 Å². The quantitative estimate of drug-likeness (QED) is 0.0181. The van der Waals surface area contributed by atoms with Gasteiger partial charge in [-0.1, -0.05) is 180 Å². The second-order valence-corrected chi connectivity index (χ2v) is 19.0. The third-order valence-corrected chi connectivity index (χ3v) is 13.1. The number of esters is 1. The molecule has 0 saturated carbocycles. The van der Waals surface area contributed by atoms with E-state index in [2.05, 4.69) is 22.5 Å². The maximum Gasteiger partial charge on any atom is 0.328 e. The zero-order chi connectivity index (χ0) is 53.0. The highest BCUT2D eigenvalue weighted by molar-refractivity contribution is 5.95. The van der Waals surface area contributed by atoms with Crippen LogP contribution in [0.4, 0.5) is 0 Å². The number of carbonyl (C=O) groups excluding carboxylic acids is 5. The number of amides is 4. The topological polar surface area (TPSA) is 179 Å². The molecule has 1 aromatic heterocycles. The molecule has 1 aliphatic rings. The third-order valence-electron chi connectivity index (χ3n) is 13.1. The maximum absolute atomic E-state index is 14.6. The molecule has 15 heteroatoms. The minimum absolute atomic E-state index is 0.0689. The molecule has 0 spiro atoms. The molecule has 0 bridgehead atoms. The molecule has 0 unspecified atom stereocenters. The van der Waals surface area contributed by atoms with Crippen molar-refractivity contribution in [2.75, 3.05) is 13.1 Å². The summed E-state index contributed by atoms with van der Waals surface area (Å²) in [4.78, 5) is 85.6. The molecule has 15 nitrogen and oxygen atoms in total. The SMILES string of the molecule is CCCCCCCCCCC[C@H](OC(=O)[C@H](CCCCN(OCc1ccccc1)C(C)=O)NC(=O)c1coc(-c2ccccc2OCc2ccccc2)n1)[C@H](C)C(=O)N[C@@H]1CC=CCN(OCc2ccccc2)C1=O. The van der Waals surface area contributed by atoms with Crippen molar-refractivity contribution in [1.29, 1.82) is 0 Å². The first-order valence-corrected chi connectivity index (χ1v) is 26.7. The number of hydrogen-bond acceptors (Lipinski definition) is 11. The van der Waals surface area contributed by atoms with Crippen LogP contribution in [0.5, 0.6) is 5.75 Å². The molecule has 1 aliphatic heterocycles. The van der Waals surface area contributed by atoms with Crippen LogP contribution in [0.3, 0.4) is 0 Å². The number of aromatic nitrogens is 1. The summed E-state index contributed by atoms with van der Waals surface area (Å²) >= 11 is 0. The van der Waals surface area contributed by atoms with Gasteiger partial charge in [0.1, 0.15) is 50.0 Å².